The molecule has 94 valence electrons. The molecular formula is C13H14N2O3. The van der Waals surface area contributed by atoms with Crippen LogP contribution in [0.4, 0.5) is 5.69 Å². The maximum Gasteiger partial charge on any atom is 0.337 e. The van der Waals surface area contributed by atoms with Crippen molar-refractivity contribution < 1.29 is 14.3 Å². The third kappa shape index (κ3) is 2.60. The molecule has 18 heavy (non-hydrogen) atoms. The number of rotatable bonds is 2. The van der Waals surface area contributed by atoms with Crippen LogP contribution in [-0.4, -0.2) is 38.9 Å². The van der Waals surface area contributed by atoms with Crippen molar-refractivity contribution in [3.05, 3.63) is 29.8 Å². The molecule has 0 bridgehead atoms. The lowest BCUT2D eigenvalue weighted by Crippen LogP contribution is -2.41. The number of carbonyl (C=O) groups is 1. The van der Waals surface area contributed by atoms with E-state index in [4.69, 9.17) is 10.00 Å². The summed E-state index contributed by atoms with van der Waals surface area (Å²) in [4.78, 5) is 13.4. The van der Waals surface area contributed by atoms with Gasteiger partial charge in [-0.3, -0.25) is 0 Å². The lowest BCUT2D eigenvalue weighted by molar-refractivity contribution is 0.0600. The van der Waals surface area contributed by atoms with E-state index in [1.165, 1.54) is 7.11 Å². The van der Waals surface area contributed by atoms with Gasteiger partial charge in [0, 0.05) is 12.2 Å². The number of hydrogen-bond acceptors (Lipinski definition) is 5. The van der Waals surface area contributed by atoms with E-state index in [0.29, 0.717) is 18.7 Å². The zero-order valence-electron chi connectivity index (χ0n) is 10.1. The summed E-state index contributed by atoms with van der Waals surface area (Å²) in [6.45, 7) is 1.83. The van der Waals surface area contributed by atoms with Gasteiger partial charge in [0.1, 0.15) is 0 Å². The molecule has 1 fully saturated rings. The Morgan fingerprint density at radius 1 is 1.50 bits per heavy atom. The fraction of sp³-hybridized carbons (Fsp3) is 0.385. The molecule has 0 radical (unpaired) electrons. The summed E-state index contributed by atoms with van der Waals surface area (Å²) in [7, 11) is 1.36. The lowest BCUT2D eigenvalue weighted by atomic mass is 10.2. The SMILES string of the molecule is COC(=O)c1ccc(N2CCOC(C#N)C2)cc1. The number of hydrogen-bond donors (Lipinski definition) is 0. The smallest absolute Gasteiger partial charge is 0.337 e. The van der Waals surface area contributed by atoms with Gasteiger partial charge in [-0.15, -0.1) is 0 Å². The number of ether oxygens (including phenoxy) is 2. The van der Waals surface area contributed by atoms with Gasteiger partial charge < -0.3 is 14.4 Å². The Morgan fingerprint density at radius 3 is 2.83 bits per heavy atom. The topological polar surface area (TPSA) is 62.6 Å². The fourth-order valence-electron chi connectivity index (χ4n) is 1.89. The monoisotopic (exact) mass is 246 g/mol. The average Bonchev–Trinajstić information content (AvgIpc) is 2.46. The third-order valence-corrected chi connectivity index (χ3v) is 2.86. The van der Waals surface area contributed by atoms with E-state index in [-0.39, 0.29) is 12.1 Å². The molecule has 0 amide bonds. The second-order valence-electron chi connectivity index (χ2n) is 3.97. The predicted molar refractivity (Wildman–Crippen MR) is 65.3 cm³/mol. The highest BCUT2D eigenvalue weighted by molar-refractivity contribution is 5.89. The Kier molecular flexibility index (Phi) is 3.80. The number of nitriles is 1. The fourth-order valence-corrected chi connectivity index (χ4v) is 1.89. The number of anilines is 1. The Balaban J connectivity index is 2.10. The van der Waals surface area contributed by atoms with E-state index in [9.17, 15) is 4.79 Å². The van der Waals surface area contributed by atoms with Crippen molar-refractivity contribution in [1.29, 1.82) is 5.26 Å². The second-order valence-corrected chi connectivity index (χ2v) is 3.97. The average molecular weight is 246 g/mol. The molecule has 5 heteroatoms. The highest BCUT2D eigenvalue weighted by Crippen LogP contribution is 2.18. The molecule has 5 nitrogen and oxygen atoms in total. The summed E-state index contributed by atoms with van der Waals surface area (Å²) >= 11 is 0. The van der Waals surface area contributed by atoms with Crippen LogP contribution in [0.5, 0.6) is 0 Å². The molecule has 0 aromatic heterocycles. The van der Waals surface area contributed by atoms with Gasteiger partial charge in [0.05, 0.1) is 31.9 Å². The number of benzene rings is 1. The Hall–Kier alpha value is -2.06. The molecule has 1 unspecified atom stereocenters. The van der Waals surface area contributed by atoms with Crippen molar-refractivity contribution in [2.24, 2.45) is 0 Å². The zero-order valence-corrected chi connectivity index (χ0v) is 10.1. The Bertz CT molecular complexity index is 464. The summed E-state index contributed by atoms with van der Waals surface area (Å²) in [6.07, 6.45) is -0.390. The van der Waals surface area contributed by atoms with Gasteiger partial charge in [0.2, 0.25) is 0 Å². The zero-order chi connectivity index (χ0) is 13.0. The Labute approximate surface area is 106 Å². The lowest BCUT2D eigenvalue weighted by Gasteiger charge is -2.31. The predicted octanol–water partition coefficient (Wildman–Crippen LogP) is 1.20. The molecule has 1 atom stereocenters. The summed E-state index contributed by atoms with van der Waals surface area (Å²) in [5, 5.41) is 8.84. The molecule has 0 aliphatic carbocycles. The molecule has 1 aromatic rings. The van der Waals surface area contributed by atoms with Crippen LogP contribution in [0.3, 0.4) is 0 Å². The molecule has 1 heterocycles. The maximum atomic E-state index is 11.3. The first-order valence-electron chi connectivity index (χ1n) is 5.69. The minimum absolute atomic E-state index is 0.349. The van der Waals surface area contributed by atoms with Crippen molar-refractivity contribution >= 4 is 11.7 Å². The number of esters is 1. The maximum absolute atomic E-state index is 11.3. The van der Waals surface area contributed by atoms with Crippen LogP contribution in [0.15, 0.2) is 24.3 Å². The van der Waals surface area contributed by atoms with Crippen molar-refractivity contribution in [1.82, 2.24) is 0 Å². The molecule has 1 aliphatic heterocycles. The van der Waals surface area contributed by atoms with Crippen molar-refractivity contribution in [3.8, 4) is 6.07 Å². The highest BCUT2D eigenvalue weighted by Gasteiger charge is 2.20. The van der Waals surface area contributed by atoms with Crippen LogP contribution in [0.25, 0.3) is 0 Å². The van der Waals surface area contributed by atoms with E-state index >= 15 is 0 Å². The standard InChI is InChI=1S/C13H14N2O3/c1-17-13(16)10-2-4-11(5-3-10)15-6-7-18-12(8-14)9-15/h2-5,12H,6-7,9H2,1H3. The largest absolute Gasteiger partial charge is 0.465 e. The van der Waals surface area contributed by atoms with Gasteiger partial charge in [-0.05, 0) is 24.3 Å². The van der Waals surface area contributed by atoms with Gasteiger partial charge in [-0.25, -0.2) is 4.79 Å². The van der Waals surface area contributed by atoms with Crippen LogP contribution in [-0.2, 0) is 9.47 Å². The summed E-state index contributed by atoms with van der Waals surface area (Å²) in [5.74, 6) is -0.349. The van der Waals surface area contributed by atoms with Gasteiger partial charge >= 0.3 is 5.97 Å². The third-order valence-electron chi connectivity index (χ3n) is 2.86. The van der Waals surface area contributed by atoms with Crippen LogP contribution < -0.4 is 4.90 Å². The van der Waals surface area contributed by atoms with Gasteiger partial charge in [0.15, 0.2) is 6.10 Å². The first-order valence-corrected chi connectivity index (χ1v) is 5.69. The molecule has 2 rings (SSSR count). The van der Waals surface area contributed by atoms with E-state index in [2.05, 4.69) is 15.7 Å². The number of methoxy groups -OCH3 is 1. The molecule has 1 saturated heterocycles. The van der Waals surface area contributed by atoms with E-state index < -0.39 is 0 Å². The molecular weight excluding hydrogens is 232 g/mol. The van der Waals surface area contributed by atoms with Crippen LogP contribution in [0.1, 0.15) is 10.4 Å². The van der Waals surface area contributed by atoms with Crippen LogP contribution in [0.2, 0.25) is 0 Å². The highest BCUT2D eigenvalue weighted by atomic mass is 16.5. The first kappa shape index (κ1) is 12.4. The van der Waals surface area contributed by atoms with Crippen molar-refractivity contribution in [2.45, 2.75) is 6.10 Å². The Morgan fingerprint density at radius 2 is 2.22 bits per heavy atom. The minimum atomic E-state index is -0.390. The first-order chi connectivity index (χ1) is 8.74. The number of morpholine rings is 1. The van der Waals surface area contributed by atoms with Gasteiger partial charge in [-0.2, -0.15) is 5.26 Å². The van der Waals surface area contributed by atoms with Crippen LogP contribution in [0, 0.1) is 11.3 Å². The molecule has 0 N–H and O–H groups in total. The number of carbonyl (C=O) groups excluding carboxylic acids is 1. The van der Waals surface area contributed by atoms with Crippen molar-refractivity contribution in [3.63, 3.8) is 0 Å². The minimum Gasteiger partial charge on any atom is -0.465 e. The van der Waals surface area contributed by atoms with Gasteiger partial charge in [-0.1, -0.05) is 0 Å². The quantitative estimate of drug-likeness (QED) is 0.734. The van der Waals surface area contributed by atoms with Crippen LogP contribution >= 0.6 is 0 Å². The van der Waals surface area contributed by atoms with Gasteiger partial charge in [0.25, 0.3) is 0 Å². The summed E-state index contributed by atoms with van der Waals surface area (Å²) in [5.41, 5.74) is 1.50. The molecule has 0 spiro atoms. The second kappa shape index (κ2) is 5.52. The molecule has 1 aliphatic rings. The normalized spacial score (nSPS) is 19.1. The van der Waals surface area contributed by atoms with E-state index in [1.807, 2.05) is 12.1 Å². The van der Waals surface area contributed by atoms with Crippen molar-refractivity contribution in [2.75, 3.05) is 31.7 Å². The summed E-state index contributed by atoms with van der Waals surface area (Å²) in [6, 6.07) is 9.25. The molecule has 0 saturated carbocycles. The van der Waals surface area contributed by atoms with E-state index in [1.54, 1.807) is 12.1 Å². The van der Waals surface area contributed by atoms with E-state index in [0.717, 1.165) is 12.2 Å². The number of nitrogens with zero attached hydrogens (tertiary/aromatic N) is 2. The summed E-state index contributed by atoms with van der Waals surface area (Å²) < 4.78 is 9.92. The molecule has 1 aromatic carbocycles.